The molecule has 0 atom stereocenters. The van der Waals surface area contributed by atoms with Crippen LogP contribution in [0.5, 0.6) is 0 Å². The Kier molecular flexibility index (Phi) is 5.16. The van der Waals surface area contributed by atoms with Gasteiger partial charge in [0.15, 0.2) is 0 Å². The minimum Gasteiger partial charge on any atom is -0.478 e. The van der Waals surface area contributed by atoms with Gasteiger partial charge in [-0.3, -0.25) is 14.9 Å². The topological polar surface area (TPSA) is 139 Å². The molecule has 5 N–H and O–H groups in total. The second-order valence-corrected chi connectivity index (χ2v) is 2.31. The highest BCUT2D eigenvalue weighted by atomic mass is 16.4. The fourth-order valence-corrected chi connectivity index (χ4v) is 0.512. The van der Waals surface area contributed by atoms with Gasteiger partial charge in [0.25, 0.3) is 5.91 Å². The number of aliphatic carboxylic acids is 1. The molecule has 0 bridgehead atoms. The molecule has 0 saturated carbocycles. The van der Waals surface area contributed by atoms with Crippen LogP contribution in [-0.2, 0) is 14.4 Å². The van der Waals surface area contributed by atoms with Gasteiger partial charge in [0.1, 0.15) is 0 Å². The van der Waals surface area contributed by atoms with E-state index in [-0.39, 0.29) is 0 Å². The molecule has 4 amide bonds. The molecule has 0 aromatic carbocycles. The minimum absolute atomic E-state index is 0.415. The van der Waals surface area contributed by atoms with Crippen molar-refractivity contribution in [1.82, 2.24) is 10.6 Å². The number of urea groups is 1. The maximum Gasteiger partial charge on any atom is 0.328 e. The number of carbonyl (C=O) groups excluding carboxylic acids is 3. The fourth-order valence-electron chi connectivity index (χ4n) is 0.512. The Balaban J connectivity index is 3.92. The van der Waals surface area contributed by atoms with Crippen LogP contribution in [0, 0.1) is 0 Å². The maximum atomic E-state index is 10.8. The van der Waals surface area contributed by atoms with E-state index in [9.17, 15) is 19.2 Å². The number of rotatable bonds is 4. The van der Waals surface area contributed by atoms with Gasteiger partial charge < -0.3 is 16.2 Å². The molecule has 0 spiro atoms. The predicted molar refractivity (Wildman–Crippen MR) is 47.5 cm³/mol. The first-order valence-corrected chi connectivity index (χ1v) is 3.70. The molecule has 15 heavy (non-hydrogen) atoms. The number of nitrogens with two attached hydrogens (primary N) is 1. The van der Waals surface area contributed by atoms with Crippen LogP contribution in [0.3, 0.4) is 0 Å². The third-order valence-corrected chi connectivity index (χ3v) is 1.04. The van der Waals surface area contributed by atoms with Crippen LogP contribution in [0.25, 0.3) is 0 Å². The van der Waals surface area contributed by atoms with Gasteiger partial charge in [-0.1, -0.05) is 0 Å². The molecular formula is C7H9N3O5. The van der Waals surface area contributed by atoms with Crippen molar-refractivity contribution < 1.29 is 24.3 Å². The number of carboxylic acid groups (broad SMARTS) is 1. The lowest BCUT2D eigenvalue weighted by Crippen LogP contribution is -2.42. The molecule has 0 aliphatic heterocycles. The number of primary amides is 1. The highest BCUT2D eigenvalue weighted by molar-refractivity contribution is 6.03. The third kappa shape index (κ3) is 7.96. The van der Waals surface area contributed by atoms with E-state index in [0.717, 1.165) is 0 Å². The summed E-state index contributed by atoms with van der Waals surface area (Å²) in [5.74, 6) is -3.00. The zero-order chi connectivity index (χ0) is 11.8. The normalized spacial score (nSPS) is 9.60. The van der Waals surface area contributed by atoms with Crippen LogP contribution in [0.15, 0.2) is 12.2 Å². The summed E-state index contributed by atoms with van der Waals surface area (Å²) in [4.78, 5) is 41.7. The number of carboxylic acids is 1. The molecule has 8 nitrogen and oxygen atoms in total. The van der Waals surface area contributed by atoms with Crippen molar-refractivity contribution in [3.8, 4) is 0 Å². The summed E-state index contributed by atoms with van der Waals surface area (Å²) in [5.41, 5.74) is 4.71. The SMILES string of the molecule is NC(=O)CNC(=O)NC(=O)/C=C/C(=O)O. The van der Waals surface area contributed by atoms with E-state index >= 15 is 0 Å². The van der Waals surface area contributed by atoms with Crippen molar-refractivity contribution in [2.75, 3.05) is 6.54 Å². The molecule has 0 radical (unpaired) electrons. The van der Waals surface area contributed by atoms with Gasteiger partial charge in [0.2, 0.25) is 5.91 Å². The Bertz CT molecular complexity index is 323. The van der Waals surface area contributed by atoms with Crippen LogP contribution in [0.1, 0.15) is 0 Å². The third-order valence-electron chi connectivity index (χ3n) is 1.04. The van der Waals surface area contributed by atoms with Gasteiger partial charge >= 0.3 is 12.0 Å². The number of imide groups is 1. The van der Waals surface area contributed by atoms with Crippen LogP contribution >= 0.6 is 0 Å². The van der Waals surface area contributed by atoms with Crippen LogP contribution in [-0.4, -0.2) is 35.5 Å². The minimum atomic E-state index is -1.32. The van der Waals surface area contributed by atoms with Crippen LogP contribution in [0.2, 0.25) is 0 Å². The van der Waals surface area contributed by atoms with Crippen molar-refractivity contribution in [3.63, 3.8) is 0 Å². The molecule has 0 aliphatic rings. The van der Waals surface area contributed by atoms with Gasteiger partial charge in [-0.2, -0.15) is 0 Å². The van der Waals surface area contributed by atoms with Crippen molar-refractivity contribution >= 4 is 23.8 Å². The van der Waals surface area contributed by atoms with E-state index < -0.39 is 30.4 Å². The van der Waals surface area contributed by atoms with Crippen molar-refractivity contribution in [3.05, 3.63) is 12.2 Å². The molecule has 0 unspecified atom stereocenters. The second kappa shape index (κ2) is 6.13. The quantitative estimate of drug-likeness (QED) is 0.399. The standard InChI is InChI=1S/C7H9N3O5/c8-4(11)3-9-7(15)10-5(12)1-2-6(13)14/h1-2H,3H2,(H2,8,11)(H,13,14)(H2,9,10,12,15)/b2-1+. The van der Waals surface area contributed by atoms with Crippen LogP contribution in [0.4, 0.5) is 4.79 Å². The fraction of sp³-hybridized carbons (Fsp3) is 0.143. The molecule has 8 heteroatoms. The lowest BCUT2D eigenvalue weighted by molar-refractivity contribution is -0.131. The van der Waals surface area contributed by atoms with Gasteiger partial charge in [-0.25, -0.2) is 9.59 Å². The lowest BCUT2D eigenvalue weighted by Gasteiger charge is -2.01. The molecule has 0 rings (SSSR count). The Morgan fingerprint density at radius 1 is 1.20 bits per heavy atom. The highest BCUT2D eigenvalue weighted by Crippen LogP contribution is 1.74. The first-order valence-electron chi connectivity index (χ1n) is 3.70. The largest absolute Gasteiger partial charge is 0.478 e. The summed E-state index contributed by atoms with van der Waals surface area (Å²) >= 11 is 0. The zero-order valence-electron chi connectivity index (χ0n) is 7.52. The molecular weight excluding hydrogens is 206 g/mol. The smallest absolute Gasteiger partial charge is 0.328 e. The van der Waals surface area contributed by atoms with Crippen molar-refractivity contribution in [2.24, 2.45) is 5.73 Å². The van der Waals surface area contributed by atoms with Gasteiger partial charge in [0.05, 0.1) is 6.54 Å². The first kappa shape index (κ1) is 12.6. The summed E-state index contributed by atoms with van der Waals surface area (Å²) in [7, 11) is 0. The Morgan fingerprint density at radius 3 is 2.27 bits per heavy atom. The number of hydrogen-bond acceptors (Lipinski definition) is 4. The van der Waals surface area contributed by atoms with Gasteiger partial charge in [0, 0.05) is 12.2 Å². The predicted octanol–water partition coefficient (Wildman–Crippen LogP) is -2.06. The molecule has 0 heterocycles. The zero-order valence-corrected chi connectivity index (χ0v) is 7.52. The number of carbonyl (C=O) groups is 4. The summed E-state index contributed by atoms with van der Waals surface area (Å²) in [6, 6.07) is -0.936. The molecule has 0 aromatic rings. The average Bonchev–Trinajstić information content (AvgIpc) is 2.11. The second-order valence-electron chi connectivity index (χ2n) is 2.31. The monoisotopic (exact) mass is 215 g/mol. The molecule has 82 valence electrons. The maximum absolute atomic E-state index is 10.8. The van der Waals surface area contributed by atoms with Gasteiger partial charge in [-0.15, -0.1) is 0 Å². The molecule has 0 saturated heterocycles. The van der Waals surface area contributed by atoms with E-state index in [1.165, 1.54) is 0 Å². The lowest BCUT2D eigenvalue weighted by atomic mass is 10.5. The molecule has 0 fully saturated rings. The Morgan fingerprint density at radius 2 is 1.80 bits per heavy atom. The number of hydrogen-bond donors (Lipinski definition) is 4. The summed E-state index contributed by atoms with van der Waals surface area (Å²) in [6.45, 7) is -0.415. The first-order chi connectivity index (χ1) is 6.91. The van der Waals surface area contributed by atoms with Gasteiger partial charge in [-0.05, 0) is 0 Å². The highest BCUT2D eigenvalue weighted by Gasteiger charge is 2.05. The Hall–Kier alpha value is -2.38. The van der Waals surface area contributed by atoms with E-state index in [4.69, 9.17) is 10.8 Å². The number of amides is 4. The van der Waals surface area contributed by atoms with Crippen molar-refractivity contribution in [2.45, 2.75) is 0 Å². The Labute approximate surface area is 84.1 Å². The average molecular weight is 215 g/mol. The molecule has 0 aliphatic carbocycles. The van der Waals surface area contributed by atoms with E-state index in [2.05, 4.69) is 0 Å². The van der Waals surface area contributed by atoms with E-state index in [0.29, 0.717) is 12.2 Å². The summed E-state index contributed by atoms with van der Waals surface area (Å²) < 4.78 is 0. The molecule has 0 aromatic heterocycles. The van der Waals surface area contributed by atoms with E-state index in [1.54, 1.807) is 5.32 Å². The van der Waals surface area contributed by atoms with E-state index in [1.807, 2.05) is 5.32 Å². The van der Waals surface area contributed by atoms with Crippen molar-refractivity contribution in [1.29, 1.82) is 0 Å². The number of nitrogens with one attached hydrogen (secondary N) is 2. The summed E-state index contributed by atoms with van der Waals surface area (Å²) in [5, 5.41) is 11.9. The van der Waals surface area contributed by atoms with Crippen LogP contribution < -0.4 is 16.4 Å². The summed E-state index contributed by atoms with van der Waals surface area (Å²) in [6.07, 6.45) is 1.23.